The summed E-state index contributed by atoms with van der Waals surface area (Å²) in [6.45, 7) is 2.07. The van der Waals surface area contributed by atoms with E-state index in [9.17, 15) is 9.59 Å². The Morgan fingerprint density at radius 2 is 1.83 bits per heavy atom. The van der Waals surface area contributed by atoms with Gasteiger partial charge in [-0.2, -0.15) is 5.10 Å². The van der Waals surface area contributed by atoms with Crippen molar-refractivity contribution in [2.45, 2.75) is 19.3 Å². The molecule has 0 bridgehead atoms. The van der Waals surface area contributed by atoms with E-state index in [4.69, 9.17) is 4.42 Å². The molecule has 0 radical (unpaired) electrons. The third-order valence-corrected chi connectivity index (χ3v) is 4.59. The summed E-state index contributed by atoms with van der Waals surface area (Å²) in [4.78, 5) is 28.4. The van der Waals surface area contributed by atoms with Gasteiger partial charge in [0.1, 0.15) is 0 Å². The lowest BCUT2D eigenvalue weighted by atomic mass is 10.1. The van der Waals surface area contributed by atoms with Gasteiger partial charge in [-0.25, -0.2) is 0 Å². The smallest absolute Gasteiger partial charge is 0.289 e. The van der Waals surface area contributed by atoms with Gasteiger partial charge < -0.3 is 14.2 Å². The molecule has 7 heteroatoms. The zero-order valence-corrected chi connectivity index (χ0v) is 12.7. The van der Waals surface area contributed by atoms with Crippen LogP contribution in [-0.4, -0.2) is 58.0 Å². The highest BCUT2D eigenvalue weighted by Crippen LogP contribution is 2.24. The third kappa shape index (κ3) is 2.42. The van der Waals surface area contributed by atoms with Crippen LogP contribution >= 0.6 is 0 Å². The van der Waals surface area contributed by atoms with Crippen molar-refractivity contribution in [3.63, 3.8) is 0 Å². The molecule has 23 heavy (non-hydrogen) atoms. The van der Waals surface area contributed by atoms with Crippen molar-refractivity contribution in [3.8, 4) is 0 Å². The van der Waals surface area contributed by atoms with E-state index in [0.717, 1.165) is 30.5 Å². The quantitative estimate of drug-likeness (QED) is 0.899. The van der Waals surface area contributed by atoms with E-state index in [2.05, 4.69) is 10.2 Å². The van der Waals surface area contributed by atoms with Crippen molar-refractivity contribution in [2.75, 3.05) is 26.2 Å². The number of hydrogen-bond donors (Lipinski definition) is 1. The Hall–Kier alpha value is -2.57. The summed E-state index contributed by atoms with van der Waals surface area (Å²) in [5.41, 5.74) is 2.73. The Labute approximate surface area is 133 Å². The maximum Gasteiger partial charge on any atom is 0.289 e. The van der Waals surface area contributed by atoms with Crippen molar-refractivity contribution >= 4 is 11.8 Å². The Morgan fingerprint density at radius 1 is 1.09 bits per heavy atom. The average molecular weight is 314 g/mol. The molecule has 7 nitrogen and oxygen atoms in total. The Bertz CT molecular complexity index is 727. The molecule has 4 rings (SSSR count). The van der Waals surface area contributed by atoms with Gasteiger partial charge in [-0.15, -0.1) is 0 Å². The van der Waals surface area contributed by atoms with Crippen LogP contribution in [0.4, 0.5) is 0 Å². The van der Waals surface area contributed by atoms with Gasteiger partial charge >= 0.3 is 0 Å². The lowest BCUT2D eigenvalue weighted by Gasteiger charge is -2.34. The number of nitrogens with zero attached hydrogens (tertiary/aromatic N) is 3. The van der Waals surface area contributed by atoms with Gasteiger partial charge in [0.25, 0.3) is 11.8 Å². The minimum absolute atomic E-state index is 0.0329. The molecule has 2 aromatic rings. The summed E-state index contributed by atoms with van der Waals surface area (Å²) in [7, 11) is 0. The van der Waals surface area contributed by atoms with Gasteiger partial charge in [0.15, 0.2) is 11.5 Å². The predicted molar refractivity (Wildman–Crippen MR) is 81.1 cm³/mol. The summed E-state index contributed by atoms with van der Waals surface area (Å²) in [6, 6.07) is 3.36. The van der Waals surface area contributed by atoms with E-state index in [-0.39, 0.29) is 11.8 Å². The fourth-order valence-corrected chi connectivity index (χ4v) is 3.31. The van der Waals surface area contributed by atoms with Crippen molar-refractivity contribution in [2.24, 2.45) is 0 Å². The van der Waals surface area contributed by atoms with E-state index in [1.807, 2.05) is 0 Å². The second-order valence-electron chi connectivity index (χ2n) is 5.94. The zero-order valence-electron chi connectivity index (χ0n) is 12.7. The highest BCUT2D eigenvalue weighted by Gasteiger charge is 2.30. The SMILES string of the molecule is O=C(c1ccco1)N1CCN(C(=O)c2n[nH]c3c2CCC3)CC1. The van der Waals surface area contributed by atoms with Crippen molar-refractivity contribution in [1.29, 1.82) is 0 Å². The molecule has 3 heterocycles. The monoisotopic (exact) mass is 314 g/mol. The average Bonchev–Trinajstić information content (AvgIpc) is 3.30. The number of aromatic amines is 1. The first-order valence-corrected chi connectivity index (χ1v) is 7.92. The molecule has 0 aromatic carbocycles. The standard InChI is InChI=1S/C16H18N4O3/c21-15(13-5-2-10-23-13)19-6-8-20(9-7-19)16(22)14-11-3-1-4-12(11)17-18-14/h2,5,10H,1,3-4,6-9H2,(H,17,18). The molecule has 1 aliphatic heterocycles. The molecule has 2 amide bonds. The number of nitrogens with one attached hydrogen (secondary N) is 1. The maximum absolute atomic E-state index is 12.6. The van der Waals surface area contributed by atoms with Gasteiger partial charge in [-0.05, 0) is 31.4 Å². The molecule has 0 spiro atoms. The first-order valence-electron chi connectivity index (χ1n) is 7.92. The minimum Gasteiger partial charge on any atom is -0.459 e. The number of H-pyrrole nitrogens is 1. The number of furan rings is 1. The number of carbonyl (C=O) groups excluding carboxylic acids is 2. The number of amides is 2. The summed E-state index contributed by atoms with van der Waals surface area (Å²) < 4.78 is 5.15. The maximum atomic E-state index is 12.6. The van der Waals surface area contributed by atoms with Crippen LogP contribution in [0, 0.1) is 0 Å². The molecular formula is C16H18N4O3. The number of piperazine rings is 1. The van der Waals surface area contributed by atoms with Crippen LogP contribution in [0.3, 0.4) is 0 Å². The van der Waals surface area contributed by atoms with Gasteiger partial charge in [0.2, 0.25) is 0 Å². The first kappa shape index (κ1) is 14.0. The Morgan fingerprint density at radius 3 is 2.52 bits per heavy atom. The number of hydrogen-bond acceptors (Lipinski definition) is 4. The molecule has 120 valence electrons. The van der Waals surface area contributed by atoms with Gasteiger partial charge in [-0.1, -0.05) is 0 Å². The minimum atomic E-state index is -0.122. The van der Waals surface area contributed by atoms with Crippen LogP contribution in [0.1, 0.15) is 38.7 Å². The van der Waals surface area contributed by atoms with Crippen LogP contribution in [0.25, 0.3) is 0 Å². The van der Waals surface area contributed by atoms with E-state index < -0.39 is 0 Å². The van der Waals surface area contributed by atoms with E-state index in [1.165, 1.54) is 6.26 Å². The molecule has 2 aromatic heterocycles. The van der Waals surface area contributed by atoms with Crippen molar-refractivity contribution in [3.05, 3.63) is 41.1 Å². The molecule has 1 N–H and O–H groups in total. The normalized spacial score (nSPS) is 17.4. The van der Waals surface area contributed by atoms with Gasteiger partial charge in [0.05, 0.1) is 6.26 Å². The molecule has 2 aliphatic rings. The van der Waals surface area contributed by atoms with Crippen molar-refractivity contribution < 1.29 is 14.0 Å². The topological polar surface area (TPSA) is 82.4 Å². The van der Waals surface area contributed by atoms with Crippen LogP contribution < -0.4 is 0 Å². The molecular weight excluding hydrogens is 296 g/mol. The second-order valence-corrected chi connectivity index (χ2v) is 5.94. The molecule has 0 unspecified atom stereocenters. The molecule has 1 fully saturated rings. The van der Waals surface area contributed by atoms with Crippen LogP contribution in [0.5, 0.6) is 0 Å². The second kappa shape index (κ2) is 5.57. The van der Waals surface area contributed by atoms with Crippen LogP contribution in [-0.2, 0) is 12.8 Å². The first-order chi connectivity index (χ1) is 11.2. The summed E-state index contributed by atoms with van der Waals surface area (Å²) in [6.07, 6.45) is 4.46. The third-order valence-electron chi connectivity index (χ3n) is 4.59. The molecule has 1 saturated heterocycles. The van der Waals surface area contributed by atoms with E-state index >= 15 is 0 Å². The largest absolute Gasteiger partial charge is 0.459 e. The van der Waals surface area contributed by atoms with Gasteiger partial charge in [-0.3, -0.25) is 14.7 Å². The van der Waals surface area contributed by atoms with Crippen LogP contribution in [0.2, 0.25) is 0 Å². The molecule has 0 atom stereocenters. The predicted octanol–water partition coefficient (Wildman–Crippen LogP) is 1.09. The summed E-state index contributed by atoms with van der Waals surface area (Å²) in [5, 5.41) is 7.17. The number of carbonyl (C=O) groups is 2. The fraction of sp³-hybridized carbons (Fsp3) is 0.438. The number of rotatable bonds is 2. The van der Waals surface area contributed by atoms with Crippen LogP contribution in [0.15, 0.2) is 22.8 Å². The lowest BCUT2D eigenvalue weighted by molar-refractivity contribution is 0.0514. The van der Waals surface area contributed by atoms with E-state index in [1.54, 1.807) is 21.9 Å². The number of aromatic nitrogens is 2. The highest BCUT2D eigenvalue weighted by molar-refractivity contribution is 5.95. The molecule has 0 saturated carbocycles. The highest BCUT2D eigenvalue weighted by atomic mass is 16.3. The Balaban J connectivity index is 1.41. The summed E-state index contributed by atoms with van der Waals surface area (Å²) in [5.74, 6) is 0.187. The number of aryl methyl sites for hydroxylation is 1. The van der Waals surface area contributed by atoms with E-state index in [0.29, 0.717) is 37.6 Å². The van der Waals surface area contributed by atoms with Gasteiger partial charge in [0, 0.05) is 37.4 Å². The fourth-order valence-electron chi connectivity index (χ4n) is 3.31. The zero-order chi connectivity index (χ0) is 15.8. The Kier molecular flexibility index (Phi) is 3.40. The molecule has 1 aliphatic carbocycles. The summed E-state index contributed by atoms with van der Waals surface area (Å²) >= 11 is 0. The van der Waals surface area contributed by atoms with Crippen molar-refractivity contribution in [1.82, 2.24) is 20.0 Å². The lowest BCUT2D eigenvalue weighted by Crippen LogP contribution is -2.50. The number of fused-ring (bicyclic) bond motifs is 1.